The summed E-state index contributed by atoms with van der Waals surface area (Å²) in [6, 6.07) is 0. The number of guanidine groups is 1. The van der Waals surface area contributed by atoms with Crippen LogP contribution in [0.25, 0.3) is 0 Å². The normalized spacial score (nSPS) is 20.6. The highest BCUT2D eigenvalue weighted by Crippen LogP contribution is 2.09. The quantitative estimate of drug-likeness (QED) is 0.466. The third kappa shape index (κ3) is 1.06. The van der Waals surface area contributed by atoms with E-state index in [9.17, 15) is 0 Å². The van der Waals surface area contributed by atoms with Crippen molar-refractivity contribution in [1.29, 1.82) is 0 Å². The molecule has 1 rings (SSSR count). The maximum atomic E-state index is 5.43. The summed E-state index contributed by atoms with van der Waals surface area (Å²) in [5.41, 5.74) is 5.43. The fraction of sp³-hybridized carbons (Fsp3) is 0.750. The zero-order valence-corrected chi connectivity index (χ0v) is 5.61. The predicted molar refractivity (Wildman–Crippen MR) is 36.7 cm³/mol. The first-order chi connectivity index (χ1) is 3.80. The Bertz CT molecular complexity index is 112. The van der Waals surface area contributed by atoms with Crippen LogP contribution in [0.15, 0.2) is 4.99 Å². The highest BCUT2D eigenvalue weighted by molar-refractivity contribution is 7.97. The van der Waals surface area contributed by atoms with Crippen LogP contribution in [0, 0.1) is 0 Å². The van der Waals surface area contributed by atoms with E-state index < -0.39 is 0 Å². The Balaban J connectivity index is 2.53. The predicted octanol–water partition coefficient (Wildman–Crippen LogP) is -0.105. The monoisotopic (exact) mass is 131 g/mol. The zero-order valence-electron chi connectivity index (χ0n) is 4.79. The molecule has 0 saturated carbocycles. The van der Waals surface area contributed by atoms with Crippen molar-refractivity contribution in [2.45, 2.75) is 0 Å². The zero-order chi connectivity index (χ0) is 5.98. The van der Waals surface area contributed by atoms with Crippen molar-refractivity contribution in [3.63, 3.8) is 0 Å². The van der Waals surface area contributed by atoms with Gasteiger partial charge in [0.15, 0.2) is 0 Å². The van der Waals surface area contributed by atoms with Crippen molar-refractivity contribution < 1.29 is 0 Å². The molecule has 1 aliphatic rings. The molecule has 0 aliphatic carbocycles. The second-order valence-electron chi connectivity index (χ2n) is 1.57. The van der Waals surface area contributed by atoms with Gasteiger partial charge in [0.25, 0.3) is 0 Å². The summed E-state index contributed by atoms with van der Waals surface area (Å²) in [7, 11) is 1.92. The molecule has 8 heavy (non-hydrogen) atoms. The van der Waals surface area contributed by atoms with E-state index in [1.165, 1.54) is 0 Å². The third-order valence-electron chi connectivity index (χ3n) is 0.973. The van der Waals surface area contributed by atoms with Gasteiger partial charge in [0.05, 0.1) is 6.54 Å². The molecule has 0 atom stereocenters. The summed E-state index contributed by atoms with van der Waals surface area (Å²) in [5.74, 6) is 1.69. The van der Waals surface area contributed by atoms with Crippen LogP contribution < -0.4 is 5.73 Å². The first-order valence-electron chi connectivity index (χ1n) is 2.47. The van der Waals surface area contributed by atoms with E-state index in [1.54, 1.807) is 11.9 Å². The van der Waals surface area contributed by atoms with E-state index in [0.29, 0.717) is 5.96 Å². The third-order valence-corrected chi connectivity index (χ3v) is 1.91. The lowest BCUT2D eigenvalue weighted by Crippen LogP contribution is -2.32. The van der Waals surface area contributed by atoms with Crippen LogP contribution in [-0.2, 0) is 0 Å². The van der Waals surface area contributed by atoms with Crippen LogP contribution >= 0.6 is 11.9 Å². The number of nitrogens with two attached hydrogens (primary N) is 1. The number of rotatable bonds is 0. The molecule has 3 nitrogen and oxygen atoms in total. The van der Waals surface area contributed by atoms with Gasteiger partial charge in [0.2, 0.25) is 5.96 Å². The molecule has 0 bridgehead atoms. The maximum absolute atomic E-state index is 5.43. The van der Waals surface area contributed by atoms with E-state index in [-0.39, 0.29) is 0 Å². The second-order valence-corrected chi connectivity index (χ2v) is 2.78. The summed E-state index contributed by atoms with van der Waals surface area (Å²) in [4.78, 5) is 4.01. The lowest BCUT2D eigenvalue weighted by molar-refractivity contribution is 0.796. The van der Waals surface area contributed by atoms with Crippen molar-refractivity contribution >= 4 is 17.9 Å². The SMILES string of the molecule is CN1SCCN=C1N. The Kier molecular flexibility index (Phi) is 1.62. The van der Waals surface area contributed by atoms with E-state index in [4.69, 9.17) is 5.73 Å². The van der Waals surface area contributed by atoms with Gasteiger partial charge >= 0.3 is 0 Å². The van der Waals surface area contributed by atoms with Crippen LogP contribution in [0.3, 0.4) is 0 Å². The molecule has 1 heterocycles. The van der Waals surface area contributed by atoms with E-state index in [0.717, 1.165) is 12.3 Å². The summed E-state index contributed by atoms with van der Waals surface area (Å²) < 4.78 is 1.88. The number of nitrogens with zero attached hydrogens (tertiary/aromatic N) is 2. The number of aliphatic imine (C=N–C) groups is 1. The fourth-order valence-corrected chi connectivity index (χ4v) is 1.14. The highest BCUT2D eigenvalue weighted by atomic mass is 32.2. The highest BCUT2D eigenvalue weighted by Gasteiger charge is 2.05. The minimum Gasteiger partial charge on any atom is -0.369 e. The van der Waals surface area contributed by atoms with E-state index >= 15 is 0 Å². The molecule has 0 aromatic heterocycles. The standard InChI is InChI=1S/C4H9N3S/c1-7-4(5)6-2-3-8-7/h2-3H2,1H3,(H2,5,6). The molecule has 4 heteroatoms. The van der Waals surface area contributed by atoms with Gasteiger partial charge in [0, 0.05) is 12.8 Å². The summed E-state index contributed by atoms with van der Waals surface area (Å²) in [6.45, 7) is 0.862. The summed E-state index contributed by atoms with van der Waals surface area (Å²) in [5, 5.41) is 0. The lowest BCUT2D eigenvalue weighted by Gasteiger charge is -2.19. The smallest absolute Gasteiger partial charge is 0.201 e. The largest absolute Gasteiger partial charge is 0.369 e. The molecule has 0 amide bonds. The molecule has 0 saturated heterocycles. The van der Waals surface area contributed by atoms with Gasteiger partial charge in [-0.2, -0.15) is 0 Å². The van der Waals surface area contributed by atoms with Crippen molar-refractivity contribution in [2.75, 3.05) is 19.3 Å². The van der Waals surface area contributed by atoms with Gasteiger partial charge in [-0.25, -0.2) is 0 Å². The molecular weight excluding hydrogens is 122 g/mol. The molecule has 46 valence electrons. The molecule has 0 aromatic rings. The molecular formula is C4H9N3S. The van der Waals surface area contributed by atoms with Crippen LogP contribution in [-0.4, -0.2) is 29.6 Å². The van der Waals surface area contributed by atoms with Crippen molar-refractivity contribution in [3.8, 4) is 0 Å². The van der Waals surface area contributed by atoms with Crippen molar-refractivity contribution in [2.24, 2.45) is 10.7 Å². The van der Waals surface area contributed by atoms with Gasteiger partial charge in [-0.15, -0.1) is 0 Å². The first-order valence-corrected chi connectivity index (χ1v) is 3.41. The average Bonchev–Trinajstić information content (AvgIpc) is 1.77. The van der Waals surface area contributed by atoms with Crippen LogP contribution in [0.2, 0.25) is 0 Å². The minimum absolute atomic E-state index is 0.640. The Morgan fingerprint density at radius 3 is 3.00 bits per heavy atom. The number of hydrogen-bond acceptors (Lipinski definition) is 4. The van der Waals surface area contributed by atoms with Gasteiger partial charge in [-0.05, 0) is 11.9 Å². The van der Waals surface area contributed by atoms with Crippen LogP contribution in [0.1, 0.15) is 0 Å². The Hall–Kier alpha value is -0.380. The minimum atomic E-state index is 0.640. The lowest BCUT2D eigenvalue weighted by atomic mass is 10.7. The molecule has 0 unspecified atom stereocenters. The Morgan fingerprint density at radius 1 is 1.88 bits per heavy atom. The van der Waals surface area contributed by atoms with Gasteiger partial charge in [0.1, 0.15) is 0 Å². The number of hydrogen-bond donors (Lipinski definition) is 1. The van der Waals surface area contributed by atoms with E-state index in [1.807, 2.05) is 11.4 Å². The van der Waals surface area contributed by atoms with Gasteiger partial charge < -0.3 is 5.73 Å². The Labute approximate surface area is 53.1 Å². The maximum Gasteiger partial charge on any atom is 0.201 e. The Morgan fingerprint density at radius 2 is 2.62 bits per heavy atom. The molecule has 0 aromatic carbocycles. The molecule has 0 fully saturated rings. The van der Waals surface area contributed by atoms with Crippen molar-refractivity contribution in [3.05, 3.63) is 0 Å². The fourth-order valence-electron chi connectivity index (χ4n) is 0.504. The molecule has 0 radical (unpaired) electrons. The van der Waals surface area contributed by atoms with Crippen LogP contribution in [0.5, 0.6) is 0 Å². The average molecular weight is 131 g/mol. The van der Waals surface area contributed by atoms with Crippen molar-refractivity contribution in [1.82, 2.24) is 4.31 Å². The van der Waals surface area contributed by atoms with E-state index in [2.05, 4.69) is 4.99 Å². The summed E-state index contributed by atoms with van der Waals surface area (Å²) in [6.07, 6.45) is 0. The first kappa shape index (κ1) is 5.75. The summed E-state index contributed by atoms with van der Waals surface area (Å²) >= 11 is 1.70. The molecule has 1 aliphatic heterocycles. The topological polar surface area (TPSA) is 41.6 Å². The molecule has 0 spiro atoms. The second kappa shape index (κ2) is 2.26. The van der Waals surface area contributed by atoms with Crippen LogP contribution in [0.4, 0.5) is 0 Å². The van der Waals surface area contributed by atoms with Gasteiger partial charge in [-0.1, -0.05) is 0 Å². The molecule has 2 N–H and O–H groups in total. The van der Waals surface area contributed by atoms with Gasteiger partial charge in [-0.3, -0.25) is 9.30 Å².